The molecule has 0 saturated carbocycles. The predicted octanol–water partition coefficient (Wildman–Crippen LogP) is 2.32. The van der Waals surface area contributed by atoms with Crippen LogP contribution in [0, 0.1) is 5.82 Å². The number of rotatable bonds is 5. The molecule has 0 radical (unpaired) electrons. The highest BCUT2D eigenvalue weighted by molar-refractivity contribution is 5.34. The van der Waals surface area contributed by atoms with Gasteiger partial charge in [-0.3, -0.25) is 0 Å². The normalized spacial score (nSPS) is 12.2. The lowest BCUT2D eigenvalue weighted by Gasteiger charge is -2.18. The Kier molecular flexibility index (Phi) is 4.41. The van der Waals surface area contributed by atoms with E-state index in [1.165, 1.54) is 19.5 Å². The van der Waals surface area contributed by atoms with E-state index in [0.717, 1.165) is 17.8 Å². The number of nitrogens with zero attached hydrogens (tertiary/aromatic N) is 2. The second-order valence-corrected chi connectivity index (χ2v) is 4.02. The Morgan fingerprint density at radius 3 is 2.79 bits per heavy atom. The lowest BCUT2D eigenvalue weighted by molar-refractivity contribution is 0.385. The number of halogens is 1. The third-order valence-corrected chi connectivity index (χ3v) is 2.82. The van der Waals surface area contributed by atoms with Gasteiger partial charge in [-0.1, -0.05) is 13.0 Å². The Morgan fingerprint density at radius 2 is 2.21 bits per heavy atom. The van der Waals surface area contributed by atoms with E-state index in [2.05, 4.69) is 15.3 Å². The maximum Gasteiger partial charge on any atom is 0.165 e. The van der Waals surface area contributed by atoms with Gasteiger partial charge >= 0.3 is 0 Å². The number of methoxy groups -OCH3 is 1. The molecule has 0 aliphatic rings. The largest absolute Gasteiger partial charge is 0.494 e. The van der Waals surface area contributed by atoms with Gasteiger partial charge in [-0.15, -0.1) is 0 Å². The highest BCUT2D eigenvalue weighted by Crippen LogP contribution is 2.25. The molecule has 1 aromatic heterocycles. The molecule has 100 valence electrons. The zero-order valence-electron chi connectivity index (χ0n) is 10.9. The molecular weight excluding hydrogens is 245 g/mol. The van der Waals surface area contributed by atoms with E-state index in [9.17, 15) is 4.39 Å². The molecule has 0 spiro atoms. The molecule has 0 aliphatic heterocycles. The fourth-order valence-electron chi connectivity index (χ4n) is 1.93. The number of hydrogen-bond donors (Lipinski definition) is 1. The van der Waals surface area contributed by atoms with Crippen molar-refractivity contribution in [2.45, 2.75) is 13.0 Å². The molecule has 0 bridgehead atoms. The van der Waals surface area contributed by atoms with Crippen LogP contribution in [-0.4, -0.2) is 23.6 Å². The molecule has 1 N–H and O–H groups in total. The summed E-state index contributed by atoms with van der Waals surface area (Å²) >= 11 is 0. The van der Waals surface area contributed by atoms with E-state index < -0.39 is 0 Å². The second kappa shape index (κ2) is 6.24. The fraction of sp³-hybridized carbons (Fsp3) is 0.286. The molecule has 19 heavy (non-hydrogen) atoms. The van der Waals surface area contributed by atoms with Crippen molar-refractivity contribution in [1.82, 2.24) is 15.3 Å². The van der Waals surface area contributed by atoms with Gasteiger partial charge in [-0.05, 0) is 30.3 Å². The molecular formula is C14H16FN3O. The monoisotopic (exact) mass is 261 g/mol. The molecule has 1 unspecified atom stereocenters. The molecule has 5 heteroatoms. The van der Waals surface area contributed by atoms with E-state index in [4.69, 9.17) is 4.74 Å². The minimum absolute atomic E-state index is 0.159. The van der Waals surface area contributed by atoms with Gasteiger partial charge in [-0.25, -0.2) is 14.4 Å². The smallest absolute Gasteiger partial charge is 0.165 e. The number of hydrogen-bond acceptors (Lipinski definition) is 4. The Morgan fingerprint density at radius 1 is 1.37 bits per heavy atom. The Bertz CT molecular complexity index is 533. The van der Waals surface area contributed by atoms with Gasteiger partial charge in [0.1, 0.15) is 6.33 Å². The van der Waals surface area contributed by atoms with Crippen LogP contribution in [0.4, 0.5) is 4.39 Å². The first-order chi connectivity index (χ1) is 9.26. The molecule has 2 rings (SSSR count). The van der Waals surface area contributed by atoms with Crippen LogP contribution in [-0.2, 0) is 0 Å². The number of aromatic nitrogens is 2. The van der Waals surface area contributed by atoms with Gasteiger partial charge in [0.25, 0.3) is 0 Å². The molecule has 2 aromatic rings. The van der Waals surface area contributed by atoms with E-state index in [0.29, 0.717) is 0 Å². The first kappa shape index (κ1) is 13.4. The summed E-state index contributed by atoms with van der Waals surface area (Å²) in [7, 11) is 1.45. The van der Waals surface area contributed by atoms with Crippen molar-refractivity contribution in [3.63, 3.8) is 0 Å². The summed E-state index contributed by atoms with van der Waals surface area (Å²) in [5.41, 5.74) is 1.61. The molecule has 0 saturated heterocycles. The quantitative estimate of drug-likeness (QED) is 0.897. The molecule has 1 atom stereocenters. The van der Waals surface area contributed by atoms with Gasteiger partial charge in [0.2, 0.25) is 0 Å². The third-order valence-electron chi connectivity index (χ3n) is 2.82. The lowest BCUT2D eigenvalue weighted by Crippen LogP contribution is -2.23. The van der Waals surface area contributed by atoms with Gasteiger partial charge in [-0.2, -0.15) is 0 Å². The Balaban J connectivity index is 2.37. The SMILES string of the molecule is CCNC(c1ccc(OC)c(F)c1)c1ccncn1. The highest BCUT2D eigenvalue weighted by Gasteiger charge is 2.16. The van der Waals surface area contributed by atoms with Crippen LogP contribution in [0.25, 0.3) is 0 Å². The Labute approximate surface area is 111 Å². The molecule has 0 aliphatic carbocycles. The predicted molar refractivity (Wildman–Crippen MR) is 70.5 cm³/mol. The van der Waals surface area contributed by atoms with E-state index in [1.807, 2.05) is 19.1 Å². The number of benzene rings is 1. The van der Waals surface area contributed by atoms with Crippen molar-refractivity contribution in [2.24, 2.45) is 0 Å². The molecule has 0 fully saturated rings. The first-order valence-electron chi connectivity index (χ1n) is 6.09. The number of ether oxygens (including phenoxy) is 1. The van der Waals surface area contributed by atoms with Crippen LogP contribution in [0.15, 0.2) is 36.8 Å². The zero-order chi connectivity index (χ0) is 13.7. The topological polar surface area (TPSA) is 47.0 Å². The van der Waals surface area contributed by atoms with Crippen molar-refractivity contribution < 1.29 is 9.13 Å². The van der Waals surface area contributed by atoms with Crippen molar-refractivity contribution in [2.75, 3.05) is 13.7 Å². The van der Waals surface area contributed by atoms with Gasteiger partial charge in [0.15, 0.2) is 11.6 Å². The van der Waals surface area contributed by atoms with Crippen LogP contribution in [0.2, 0.25) is 0 Å². The van der Waals surface area contributed by atoms with Gasteiger partial charge in [0, 0.05) is 6.20 Å². The third kappa shape index (κ3) is 3.06. The fourth-order valence-corrected chi connectivity index (χ4v) is 1.93. The van der Waals surface area contributed by atoms with E-state index in [-0.39, 0.29) is 17.6 Å². The highest BCUT2D eigenvalue weighted by atomic mass is 19.1. The lowest BCUT2D eigenvalue weighted by atomic mass is 10.0. The number of nitrogens with one attached hydrogen (secondary N) is 1. The van der Waals surface area contributed by atoms with E-state index in [1.54, 1.807) is 12.3 Å². The van der Waals surface area contributed by atoms with Crippen LogP contribution < -0.4 is 10.1 Å². The summed E-state index contributed by atoms with van der Waals surface area (Å²) in [6.07, 6.45) is 3.16. The van der Waals surface area contributed by atoms with Crippen molar-refractivity contribution >= 4 is 0 Å². The summed E-state index contributed by atoms with van der Waals surface area (Å²) in [5.74, 6) is -0.140. The van der Waals surface area contributed by atoms with Crippen molar-refractivity contribution in [3.05, 3.63) is 53.9 Å². The van der Waals surface area contributed by atoms with Crippen molar-refractivity contribution in [3.8, 4) is 5.75 Å². The van der Waals surface area contributed by atoms with Gasteiger partial charge < -0.3 is 10.1 Å². The Hall–Kier alpha value is -2.01. The molecule has 1 aromatic carbocycles. The van der Waals surface area contributed by atoms with Gasteiger partial charge in [0.05, 0.1) is 18.8 Å². The molecule has 0 amide bonds. The van der Waals surface area contributed by atoms with Crippen LogP contribution >= 0.6 is 0 Å². The summed E-state index contributed by atoms with van der Waals surface area (Å²) in [6, 6.07) is 6.57. The van der Waals surface area contributed by atoms with Crippen LogP contribution in [0.3, 0.4) is 0 Å². The van der Waals surface area contributed by atoms with Crippen LogP contribution in [0.1, 0.15) is 24.2 Å². The van der Waals surface area contributed by atoms with Crippen molar-refractivity contribution in [1.29, 1.82) is 0 Å². The second-order valence-electron chi connectivity index (χ2n) is 4.02. The summed E-state index contributed by atoms with van der Waals surface area (Å²) in [4.78, 5) is 8.11. The zero-order valence-corrected chi connectivity index (χ0v) is 10.9. The van der Waals surface area contributed by atoms with Crippen LogP contribution in [0.5, 0.6) is 5.75 Å². The maximum absolute atomic E-state index is 13.8. The summed E-state index contributed by atoms with van der Waals surface area (Å²) in [5, 5.41) is 3.28. The van der Waals surface area contributed by atoms with E-state index >= 15 is 0 Å². The average Bonchev–Trinajstić information content (AvgIpc) is 2.45. The standard InChI is InChI=1S/C14H16FN3O/c1-3-17-14(12-6-7-16-9-18-12)10-4-5-13(19-2)11(15)8-10/h4-9,14,17H,3H2,1-2H3. The first-order valence-corrected chi connectivity index (χ1v) is 6.09. The maximum atomic E-state index is 13.8. The molecule has 1 heterocycles. The minimum atomic E-state index is -0.378. The average molecular weight is 261 g/mol. The minimum Gasteiger partial charge on any atom is -0.494 e. The summed E-state index contributed by atoms with van der Waals surface area (Å²) < 4.78 is 18.7. The summed E-state index contributed by atoms with van der Waals surface area (Å²) in [6.45, 7) is 2.75. The molecule has 4 nitrogen and oxygen atoms in total.